The Hall–Kier alpha value is -3.39. The van der Waals surface area contributed by atoms with E-state index in [2.05, 4.69) is 15.5 Å². The molecule has 8 nitrogen and oxygen atoms in total. The maximum absolute atomic E-state index is 13.1. The van der Waals surface area contributed by atoms with E-state index >= 15 is 0 Å². The number of aryl methyl sites for hydroxylation is 1. The lowest BCUT2D eigenvalue weighted by molar-refractivity contribution is -0.118. The molecule has 0 aliphatic carbocycles. The van der Waals surface area contributed by atoms with Gasteiger partial charge in [0.2, 0.25) is 5.91 Å². The normalized spacial score (nSPS) is 16.6. The molecule has 2 N–H and O–H groups in total. The number of hydrogen-bond acceptors (Lipinski definition) is 4. The van der Waals surface area contributed by atoms with Gasteiger partial charge in [-0.15, -0.1) is 0 Å². The molecule has 3 aromatic rings. The summed E-state index contributed by atoms with van der Waals surface area (Å²) in [5.74, 6) is -0.336. The first-order valence-electron chi connectivity index (χ1n) is 9.52. The van der Waals surface area contributed by atoms with E-state index in [9.17, 15) is 9.59 Å². The number of aromatic nitrogens is 3. The minimum Gasteiger partial charge on any atom is -0.377 e. The Bertz CT molecular complexity index is 995. The molecular formula is C21H23N5O3. The van der Waals surface area contributed by atoms with Crippen LogP contribution in [-0.4, -0.2) is 57.3 Å². The number of anilines is 1. The highest BCUT2D eigenvalue weighted by Gasteiger charge is 2.31. The number of aromatic amines is 1. The van der Waals surface area contributed by atoms with Gasteiger partial charge in [-0.3, -0.25) is 14.7 Å². The van der Waals surface area contributed by atoms with E-state index in [1.165, 1.54) is 0 Å². The molecule has 1 aliphatic rings. The molecule has 3 heterocycles. The summed E-state index contributed by atoms with van der Waals surface area (Å²) in [4.78, 5) is 27.2. The number of rotatable bonds is 5. The summed E-state index contributed by atoms with van der Waals surface area (Å²) in [5, 5.41) is 9.97. The van der Waals surface area contributed by atoms with Crippen LogP contribution in [0.15, 0.2) is 54.7 Å². The summed E-state index contributed by atoms with van der Waals surface area (Å²) >= 11 is 0. The third kappa shape index (κ3) is 4.22. The van der Waals surface area contributed by atoms with Crippen LogP contribution in [0, 0.1) is 0 Å². The number of carbonyl (C=O) groups excluding carboxylic acids is 2. The molecule has 1 atom stereocenters. The molecule has 29 heavy (non-hydrogen) atoms. The summed E-state index contributed by atoms with van der Waals surface area (Å²) in [6, 6.07) is 14.5. The smallest absolute Gasteiger partial charge is 0.272 e. The molecule has 0 saturated carbocycles. The average molecular weight is 393 g/mol. The van der Waals surface area contributed by atoms with Crippen molar-refractivity contribution in [3.8, 4) is 11.4 Å². The number of morpholine rings is 1. The van der Waals surface area contributed by atoms with Crippen molar-refractivity contribution >= 4 is 17.5 Å². The summed E-state index contributed by atoms with van der Waals surface area (Å²) in [5.41, 5.74) is 2.75. The topological polar surface area (TPSA) is 92.2 Å². The van der Waals surface area contributed by atoms with Gasteiger partial charge in [-0.05, 0) is 30.3 Å². The van der Waals surface area contributed by atoms with E-state index in [1.807, 2.05) is 60.3 Å². The van der Waals surface area contributed by atoms with Gasteiger partial charge in [-0.1, -0.05) is 18.2 Å². The molecule has 4 rings (SSSR count). The SMILES string of the molecule is Cn1cccc1-c1cc(C(=O)N2CCOC[C@@H]2CC(=O)Nc2ccccc2)[nH]n1. The highest BCUT2D eigenvalue weighted by molar-refractivity contribution is 5.95. The predicted molar refractivity (Wildman–Crippen MR) is 108 cm³/mol. The fraction of sp³-hybridized carbons (Fsp3) is 0.286. The van der Waals surface area contributed by atoms with E-state index in [-0.39, 0.29) is 24.3 Å². The first kappa shape index (κ1) is 18.9. The van der Waals surface area contributed by atoms with Crippen molar-refractivity contribution in [1.29, 1.82) is 0 Å². The molecule has 0 spiro atoms. The van der Waals surface area contributed by atoms with E-state index in [4.69, 9.17) is 4.74 Å². The number of benzene rings is 1. The number of H-pyrrole nitrogens is 1. The van der Waals surface area contributed by atoms with Crippen LogP contribution in [0.25, 0.3) is 11.4 Å². The molecular weight excluding hydrogens is 370 g/mol. The zero-order valence-electron chi connectivity index (χ0n) is 16.2. The number of para-hydroxylation sites is 1. The van der Waals surface area contributed by atoms with E-state index < -0.39 is 0 Å². The Balaban J connectivity index is 1.46. The van der Waals surface area contributed by atoms with Gasteiger partial charge >= 0.3 is 0 Å². The van der Waals surface area contributed by atoms with Gasteiger partial charge in [-0.25, -0.2) is 0 Å². The van der Waals surface area contributed by atoms with Gasteiger partial charge in [0.15, 0.2) is 0 Å². The minimum atomic E-state index is -0.332. The lowest BCUT2D eigenvalue weighted by Crippen LogP contribution is -2.50. The molecule has 1 aliphatic heterocycles. The number of nitrogens with zero attached hydrogens (tertiary/aromatic N) is 3. The largest absolute Gasteiger partial charge is 0.377 e. The fourth-order valence-corrected chi connectivity index (χ4v) is 3.48. The monoisotopic (exact) mass is 393 g/mol. The number of amides is 2. The highest BCUT2D eigenvalue weighted by Crippen LogP contribution is 2.20. The first-order valence-corrected chi connectivity index (χ1v) is 9.52. The zero-order chi connectivity index (χ0) is 20.2. The molecule has 8 heteroatoms. The third-order valence-corrected chi connectivity index (χ3v) is 4.98. The van der Waals surface area contributed by atoms with Crippen LogP contribution in [0.3, 0.4) is 0 Å². The second-order valence-corrected chi connectivity index (χ2v) is 7.02. The molecule has 1 aromatic carbocycles. The number of carbonyl (C=O) groups is 2. The number of ether oxygens (including phenoxy) is 1. The van der Waals surface area contributed by atoms with Gasteiger partial charge in [0.05, 0.1) is 24.9 Å². The van der Waals surface area contributed by atoms with Gasteiger partial charge in [0.25, 0.3) is 5.91 Å². The lowest BCUT2D eigenvalue weighted by atomic mass is 10.1. The quantitative estimate of drug-likeness (QED) is 0.696. The second kappa shape index (κ2) is 8.32. The maximum Gasteiger partial charge on any atom is 0.272 e. The van der Waals surface area contributed by atoms with Crippen LogP contribution >= 0.6 is 0 Å². The molecule has 1 fully saturated rings. The third-order valence-electron chi connectivity index (χ3n) is 4.98. The Labute approximate surface area is 168 Å². The van der Waals surface area contributed by atoms with Crippen molar-refractivity contribution in [1.82, 2.24) is 19.7 Å². The molecule has 2 amide bonds. The molecule has 2 aromatic heterocycles. The summed E-state index contributed by atoms with van der Waals surface area (Å²) in [6.07, 6.45) is 2.09. The summed E-state index contributed by atoms with van der Waals surface area (Å²) in [7, 11) is 1.93. The van der Waals surface area contributed by atoms with E-state index in [0.717, 1.165) is 11.4 Å². The first-order chi connectivity index (χ1) is 14.1. The Morgan fingerprint density at radius 3 is 2.83 bits per heavy atom. The van der Waals surface area contributed by atoms with E-state index in [1.54, 1.807) is 11.0 Å². The maximum atomic E-state index is 13.1. The number of hydrogen-bond donors (Lipinski definition) is 2. The molecule has 0 unspecified atom stereocenters. The van der Waals surface area contributed by atoms with E-state index in [0.29, 0.717) is 31.1 Å². The van der Waals surface area contributed by atoms with Gasteiger partial charge < -0.3 is 19.5 Å². The van der Waals surface area contributed by atoms with Crippen molar-refractivity contribution in [2.45, 2.75) is 12.5 Å². The summed E-state index contributed by atoms with van der Waals surface area (Å²) in [6.45, 7) is 1.20. The summed E-state index contributed by atoms with van der Waals surface area (Å²) < 4.78 is 7.47. The standard InChI is InChI=1S/C21H23N5O3/c1-25-9-5-8-19(25)17-13-18(24-23-17)21(28)26-10-11-29-14-16(26)12-20(27)22-15-6-3-2-4-7-15/h2-9,13,16H,10-12,14H2,1H3,(H,22,27)(H,23,24)/t16-/m0/s1. The van der Waals surface area contributed by atoms with Crippen LogP contribution in [0.5, 0.6) is 0 Å². The Morgan fingerprint density at radius 2 is 2.07 bits per heavy atom. The van der Waals surface area contributed by atoms with Gasteiger partial charge in [0, 0.05) is 31.9 Å². The highest BCUT2D eigenvalue weighted by atomic mass is 16.5. The molecule has 150 valence electrons. The molecule has 1 saturated heterocycles. The number of nitrogens with one attached hydrogen (secondary N) is 2. The Morgan fingerprint density at radius 1 is 1.24 bits per heavy atom. The molecule has 0 bridgehead atoms. The van der Waals surface area contributed by atoms with Crippen LogP contribution in [-0.2, 0) is 16.6 Å². The van der Waals surface area contributed by atoms with Crippen molar-refractivity contribution in [3.63, 3.8) is 0 Å². The van der Waals surface area contributed by atoms with Crippen molar-refractivity contribution in [2.24, 2.45) is 7.05 Å². The minimum absolute atomic E-state index is 0.154. The average Bonchev–Trinajstić information content (AvgIpc) is 3.37. The van der Waals surface area contributed by atoms with Crippen LogP contribution < -0.4 is 5.32 Å². The molecule has 0 radical (unpaired) electrons. The zero-order valence-corrected chi connectivity index (χ0v) is 16.2. The van der Waals surface area contributed by atoms with Gasteiger partial charge in [0.1, 0.15) is 11.4 Å². The Kier molecular flexibility index (Phi) is 5.44. The predicted octanol–water partition coefficient (Wildman–Crippen LogP) is 2.29. The fourth-order valence-electron chi connectivity index (χ4n) is 3.48. The van der Waals surface area contributed by atoms with Crippen molar-refractivity contribution in [2.75, 3.05) is 25.1 Å². The van der Waals surface area contributed by atoms with Gasteiger partial charge in [-0.2, -0.15) is 5.10 Å². The second-order valence-electron chi connectivity index (χ2n) is 7.02. The lowest BCUT2D eigenvalue weighted by Gasteiger charge is -2.35. The van der Waals surface area contributed by atoms with Crippen LogP contribution in [0.2, 0.25) is 0 Å². The van der Waals surface area contributed by atoms with Crippen molar-refractivity contribution in [3.05, 3.63) is 60.4 Å². The van der Waals surface area contributed by atoms with Crippen molar-refractivity contribution < 1.29 is 14.3 Å². The van der Waals surface area contributed by atoms with Crippen LogP contribution in [0.1, 0.15) is 16.9 Å². The van der Waals surface area contributed by atoms with Crippen LogP contribution in [0.4, 0.5) is 5.69 Å².